The van der Waals surface area contributed by atoms with Crippen LogP contribution in [0.1, 0.15) is 49.1 Å². The van der Waals surface area contributed by atoms with Crippen molar-refractivity contribution in [2.24, 2.45) is 5.92 Å². The summed E-state index contributed by atoms with van der Waals surface area (Å²) in [6, 6.07) is 19.3. The van der Waals surface area contributed by atoms with Gasteiger partial charge in [-0.1, -0.05) is 54.1 Å². The maximum absolute atomic E-state index is 12.3. The summed E-state index contributed by atoms with van der Waals surface area (Å²) in [4.78, 5) is 12.3. The van der Waals surface area contributed by atoms with Gasteiger partial charge in [0, 0.05) is 17.1 Å². The fraction of sp³-hybridized carbons (Fsp3) is 0.435. The molecule has 2 fully saturated rings. The molecule has 2 aromatic carbocycles. The van der Waals surface area contributed by atoms with E-state index in [-0.39, 0.29) is 12.1 Å². The highest BCUT2D eigenvalue weighted by atomic mass is 35.5. The van der Waals surface area contributed by atoms with Crippen molar-refractivity contribution >= 4 is 17.6 Å². The van der Waals surface area contributed by atoms with Crippen LogP contribution in [0.4, 0.5) is 4.79 Å². The lowest BCUT2D eigenvalue weighted by atomic mass is 9.76. The second kappa shape index (κ2) is 8.35. The van der Waals surface area contributed by atoms with Crippen molar-refractivity contribution < 1.29 is 4.79 Å². The van der Waals surface area contributed by atoms with E-state index in [2.05, 4.69) is 53.1 Å². The third-order valence-electron chi connectivity index (χ3n) is 6.06. The standard InChI is InChI=1S/C23H27ClN2O/c24-20-9-7-18(8-10-20)19-14-22(15-19)26-23(27)25-21-11-6-17(13-21)12-16-4-2-1-3-5-16/h1-5,7-10,17,19,21-22H,6,11-15H2,(H2,25,26,27). The molecule has 2 atom stereocenters. The molecule has 2 unspecified atom stereocenters. The third kappa shape index (κ3) is 4.84. The molecule has 4 heteroatoms. The molecule has 0 saturated heterocycles. The van der Waals surface area contributed by atoms with Crippen LogP contribution in [0.5, 0.6) is 0 Å². The normalized spacial score (nSPS) is 27.0. The Labute approximate surface area is 166 Å². The second-order valence-corrected chi connectivity index (χ2v) is 8.54. The van der Waals surface area contributed by atoms with Crippen LogP contribution in [0.25, 0.3) is 0 Å². The number of carbonyl (C=O) groups is 1. The highest BCUT2D eigenvalue weighted by molar-refractivity contribution is 6.30. The van der Waals surface area contributed by atoms with Gasteiger partial charge >= 0.3 is 6.03 Å². The molecule has 2 saturated carbocycles. The van der Waals surface area contributed by atoms with Crippen LogP contribution < -0.4 is 10.6 Å². The molecule has 2 aromatic rings. The molecule has 0 bridgehead atoms. The Morgan fingerprint density at radius 1 is 0.889 bits per heavy atom. The van der Waals surface area contributed by atoms with Crippen LogP contribution in [0.3, 0.4) is 0 Å². The van der Waals surface area contributed by atoms with E-state index in [4.69, 9.17) is 11.6 Å². The lowest BCUT2D eigenvalue weighted by Gasteiger charge is -2.36. The zero-order valence-corrected chi connectivity index (χ0v) is 16.3. The van der Waals surface area contributed by atoms with Gasteiger partial charge in [0.25, 0.3) is 0 Å². The van der Waals surface area contributed by atoms with Crippen molar-refractivity contribution in [1.29, 1.82) is 0 Å². The maximum Gasteiger partial charge on any atom is 0.315 e. The van der Waals surface area contributed by atoms with Crippen molar-refractivity contribution in [3.8, 4) is 0 Å². The van der Waals surface area contributed by atoms with Gasteiger partial charge in [-0.05, 0) is 73.6 Å². The predicted octanol–water partition coefficient (Wildman–Crippen LogP) is 5.30. The number of hydrogen-bond acceptors (Lipinski definition) is 1. The zero-order chi connectivity index (χ0) is 18.6. The lowest BCUT2D eigenvalue weighted by molar-refractivity contribution is 0.219. The molecule has 0 heterocycles. The number of nitrogens with one attached hydrogen (secondary N) is 2. The molecule has 2 aliphatic carbocycles. The molecular weight excluding hydrogens is 356 g/mol. The monoisotopic (exact) mass is 382 g/mol. The molecule has 4 rings (SSSR count). The second-order valence-electron chi connectivity index (χ2n) is 8.10. The van der Waals surface area contributed by atoms with E-state index in [1.54, 1.807) is 0 Å². The van der Waals surface area contributed by atoms with E-state index in [9.17, 15) is 4.79 Å². The molecule has 0 aromatic heterocycles. The minimum Gasteiger partial charge on any atom is -0.335 e. The number of hydrogen-bond donors (Lipinski definition) is 2. The number of carbonyl (C=O) groups excluding carboxylic acids is 1. The Balaban J connectivity index is 1.17. The average Bonchev–Trinajstić information content (AvgIpc) is 3.06. The summed E-state index contributed by atoms with van der Waals surface area (Å²) in [5.74, 6) is 1.21. The van der Waals surface area contributed by atoms with Crippen molar-refractivity contribution in [3.05, 3.63) is 70.7 Å². The fourth-order valence-electron chi connectivity index (χ4n) is 4.49. The largest absolute Gasteiger partial charge is 0.335 e. The molecule has 2 aliphatic rings. The highest BCUT2D eigenvalue weighted by Gasteiger charge is 2.32. The quantitative estimate of drug-likeness (QED) is 0.724. The smallest absolute Gasteiger partial charge is 0.315 e. The van der Waals surface area contributed by atoms with Gasteiger partial charge in [-0.2, -0.15) is 0 Å². The zero-order valence-electron chi connectivity index (χ0n) is 15.5. The van der Waals surface area contributed by atoms with E-state index in [0.717, 1.165) is 37.1 Å². The van der Waals surface area contributed by atoms with Gasteiger partial charge in [-0.15, -0.1) is 0 Å². The Hall–Kier alpha value is -2.00. The highest BCUT2D eigenvalue weighted by Crippen LogP contribution is 2.37. The van der Waals surface area contributed by atoms with E-state index in [1.807, 2.05) is 12.1 Å². The third-order valence-corrected chi connectivity index (χ3v) is 6.31. The SMILES string of the molecule is O=C(NC1CCC(Cc2ccccc2)C1)NC1CC(c2ccc(Cl)cc2)C1. The summed E-state index contributed by atoms with van der Waals surface area (Å²) in [5.41, 5.74) is 2.72. The predicted molar refractivity (Wildman–Crippen MR) is 110 cm³/mol. The van der Waals surface area contributed by atoms with Gasteiger partial charge in [0.2, 0.25) is 0 Å². The summed E-state index contributed by atoms with van der Waals surface area (Å²) < 4.78 is 0. The average molecular weight is 383 g/mol. The van der Waals surface area contributed by atoms with Crippen molar-refractivity contribution in [2.75, 3.05) is 0 Å². The van der Waals surface area contributed by atoms with Crippen LogP contribution in [0, 0.1) is 5.92 Å². The molecule has 3 nitrogen and oxygen atoms in total. The maximum atomic E-state index is 12.3. The molecule has 142 valence electrons. The van der Waals surface area contributed by atoms with Gasteiger partial charge < -0.3 is 10.6 Å². The van der Waals surface area contributed by atoms with Gasteiger partial charge in [0.15, 0.2) is 0 Å². The number of amides is 2. The topological polar surface area (TPSA) is 41.1 Å². The number of rotatable bonds is 5. The number of benzene rings is 2. The number of halogens is 1. The first-order chi connectivity index (χ1) is 13.2. The first-order valence-corrected chi connectivity index (χ1v) is 10.4. The summed E-state index contributed by atoms with van der Waals surface area (Å²) in [5, 5.41) is 7.10. The van der Waals surface area contributed by atoms with Crippen LogP contribution in [-0.2, 0) is 6.42 Å². The molecule has 0 spiro atoms. The summed E-state index contributed by atoms with van der Waals surface area (Å²) >= 11 is 5.95. The van der Waals surface area contributed by atoms with Crippen molar-refractivity contribution in [1.82, 2.24) is 10.6 Å². The molecule has 27 heavy (non-hydrogen) atoms. The Bertz CT molecular complexity index is 756. The van der Waals surface area contributed by atoms with Crippen LogP contribution in [-0.4, -0.2) is 18.1 Å². The summed E-state index contributed by atoms with van der Waals surface area (Å²) in [6.07, 6.45) is 6.50. The van der Waals surface area contributed by atoms with Gasteiger partial charge in [-0.3, -0.25) is 0 Å². The van der Waals surface area contributed by atoms with Gasteiger partial charge in [0.1, 0.15) is 0 Å². The van der Waals surface area contributed by atoms with E-state index >= 15 is 0 Å². The molecular formula is C23H27ClN2O. The van der Waals surface area contributed by atoms with Gasteiger partial charge in [0.05, 0.1) is 0 Å². The minimum absolute atomic E-state index is 0.0000766. The molecule has 2 amide bonds. The first-order valence-electron chi connectivity index (χ1n) is 10.0. The minimum atomic E-state index is -0.0000766. The number of urea groups is 1. The van der Waals surface area contributed by atoms with Gasteiger partial charge in [-0.25, -0.2) is 4.79 Å². The van der Waals surface area contributed by atoms with E-state index in [1.165, 1.54) is 17.5 Å². The van der Waals surface area contributed by atoms with Crippen LogP contribution in [0.15, 0.2) is 54.6 Å². The lowest BCUT2D eigenvalue weighted by Crippen LogP contribution is -2.49. The van der Waals surface area contributed by atoms with Crippen molar-refractivity contribution in [2.45, 2.75) is 56.5 Å². The first kappa shape index (κ1) is 18.4. The Morgan fingerprint density at radius 3 is 2.33 bits per heavy atom. The molecule has 2 N–H and O–H groups in total. The fourth-order valence-corrected chi connectivity index (χ4v) is 4.62. The Kier molecular flexibility index (Phi) is 5.68. The summed E-state index contributed by atoms with van der Waals surface area (Å²) in [6.45, 7) is 0. The van der Waals surface area contributed by atoms with E-state index < -0.39 is 0 Å². The van der Waals surface area contributed by atoms with Crippen LogP contribution >= 0.6 is 11.6 Å². The van der Waals surface area contributed by atoms with E-state index in [0.29, 0.717) is 17.9 Å². The Morgan fingerprint density at radius 2 is 1.59 bits per heavy atom. The summed E-state index contributed by atoms with van der Waals surface area (Å²) in [7, 11) is 0. The molecule has 0 radical (unpaired) electrons. The molecule has 0 aliphatic heterocycles. The van der Waals surface area contributed by atoms with Crippen molar-refractivity contribution in [3.63, 3.8) is 0 Å². The van der Waals surface area contributed by atoms with Crippen LogP contribution in [0.2, 0.25) is 5.02 Å².